The molecule has 0 saturated heterocycles. The Hall–Kier alpha value is -1.03. The Morgan fingerprint density at radius 1 is 0.852 bits per heavy atom. The molecule has 156 valence electrons. The van der Waals surface area contributed by atoms with E-state index in [9.17, 15) is 17.6 Å². The standard InChI is InChI=1S/C18H26F4O4S/c1-3-5-7-8-10-12(9-6-4-2)11-24-17-13(19)15(21)18(27-26-25-23)16(22)14(17)20/h12,23H,3-11H2,1-2H3. The predicted molar refractivity (Wildman–Crippen MR) is 94.2 cm³/mol. The van der Waals surface area contributed by atoms with Gasteiger partial charge in [-0.25, -0.2) is 14.0 Å². The average molecular weight is 414 g/mol. The van der Waals surface area contributed by atoms with Crippen molar-refractivity contribution in [1.29, 1.82) is 0 Å². The van der Waals surface area contributed by atoms with Gasteiger partial charge < -0.3 is 4.74 Å². The lowest BCUT2D eigenvalue weighted by atomic mass is 9.96. The molecule has 1 rings (SSSR count). The summed E-state index contributed by atoms with van der Waals surface area (Å²) in [5.41, 5.74) is 0. The van der Waals surface area contributed by atoms with Gasteiger partial charge in [0.15, 0.2) is 17.4 Å². The Kier molecular flexibility index (Phi) is 11.7. The van der Waals surface area contributed by atoms with Crippen molar-refractivity contribution in [3.8, 4) is 5.75 Å². The van der Waals surface area contributed by atoms with E-state index in [1.165, 1.54) is 0 Å². The summed E-state index contributed by atoms with van der Waals surface area (Å²) in [5, 5.41) is 11.2. The third kappa shape index (κ3) is 7.48. The van der Waals surface area contributed by atoms with Crippen molar-refractivity contribution < 1.29 is 36.9 Å². The molecule has 1 unspecified atom stereocenters. The topological polar surface area (TPSA) is 47.9 Å². The van der Waals surface area contributed by atoms with E-state index in [2.05, 4.69) is 16.3 Å². The van der Waals surface area contributed by atoms with Crippen molar-refractivity contribution >= 4 is 12.0 Å². The van der Waals surface area contributed by atoms with Crippen molar-refractivity contribution in [3.05, 3.63) is 23.3 Å². The van der Waals surface area contributed by atoms with Gasteiger partial charge in [0.1, 0.15) is 4.90 Å². The molecule has 0 spiro atoms. The molecule has 0 aliphatic rings. The lowest BCUT2D eigenvalue weighted by Crippen LogP contribution is -2.15. The minimum absolute atomic E-state index is 0.0262. The van der Waals surface area contributed by atoms with Crippen LogP contribution in [0.1, 0.15) is 65.2 Å². The molecule has 1 aromatic carbocycles. The first-order chi connectivity index (χ1) is 13.0. The second kappa shape index (κ2) is 13.2. The molecule has 4 nitrogen and oxygen atoms in total. The molecule has 0 bridgehead atoms. The van der Waals surface area contributed by atoms with Gasteiger partial charge in [0.05, 0.1) is 18.6 Å². The second-order valence-corrected chi connectivity index (χ2v) is 7.02. The molecular formula is C18H26F4O4S. The number of halogens is 4. The Morgan fingerprint density at radius 3 is 2.00 bits per heavy atom. The SMILES string of the molecule is CCCCCCC(CCCC)COc1c(F)c(F)c(SOOO)c(F)c1F. The fourth-order valence-corrected chi connectivity index (χ4v) is 3.13. The van der Waals surface area contributed by atoms with Crippen LogP contribution in [0.3, 0.4) is 0 Å². The van der Waals surface area contributed by atoms with Gasteiger partial charge in [0, 0.05) is 0 Å². The Labute approximate surface area is 161 Å². The minimum atomic E-state index is -1.68. The Morgan fingerprint density at radius 2 is 1.44 bits per heavy atom. The van der Waals surface area contributed by atoms with Crippen LogP contribution in [0, 0.1) is 29.2 Å². The van der Waals surface area contributed by atoms with Gasteiger partial charge in [0.2, 0.25) is 11.6 Å². The van der Waals surface area contributed by atoms with Gasteiger partial charge in [-0.1, -0.05) is 57.4 Å². The Balaban J connectivity index is 2.85. The number of hydrogen-bond acceptors (Lipinski definition) is 5. The maximum Gasteiger partial charge on any atom is 0.205 e. The number of unbranched alkanes of at least 4 members (excludes halogenated alkanes) is 4. The summed E-state index contributed by atoms with van der Waals surface area (Å²) in [5.74, 6) is -7.71. The van der Waals surface area contributed by atoms with E-state index in [0.29, 0.717) is 0 Å². The van der Waals surface area contributed by atoms with Crippen molar-refractivity contribution in [1.82, 2.24) is 0 Å². The van der Waals surface area contributed by atoms with Gasteiger partial charge in [-0.3, -0.25) is 0 Å². The van der Waals surface area contributed by atoms with E-state index in [1.807, 2.05) is 6.92 Å². The van der Waals surface area contributed by atoms with Gasteiger partial charge in [0.25, 0.3) is 0 Å². The first kappa shape index (κ1) is 24.0. The number of ether oxygens (including phenoxy) is 1. The fourth-order valence-electron chi connectivity index (χ4n) is 2.71. The van der Waals surface area contributed by atoms with Gasteiger partial charge in [-0.15, -0.1) is 4.33 Å². The molecule has 0 saturated carbocycles. The van der Waals surface area contributed by atoms with Crippen LogP contribution in [-0.2, 0) is 9.37 Å². The quantitative estimate of drug-likeness (QED) is 0.0903. The molecular weight excluding hydrogens is 388 g/mol. The average Bonchev–Trinajstić information content (AvgIpc) is 2.67. The molecule has 0 fully saturated rings. The molecule has 1 N–H and O–H groups in total. The lowest BCUT2D eigenvalue weighted by Gasteiger charge is -2.19. The summed E-state index contributed by atoms with van der Waals surface area (Å²) < 4.78 is 65.1. The second-order valence-electron chi connectivity index (χ2n) is 6.31. The van der Waals surface area contributed by atoms with Crippen LogP contribution in [0.5, 0.6) is 5.75 Å². The molecule has 9 heteroatoms. The predicted octanol–water partition coefficient (Wildman–Crippen LogP) is 6.83. The Bertz CT molecular complexity index is 546. The van der Waals surface area contributed by atoms with E-state index < -0.39 is 33.9 Å². The van der Waals surface area contributed by atoms with E-state index in [1.54, 1.807) is 0 Å². The van der Waals surface area contributed by atoms with Gasteiger partial charge >= 0.3 is 0 Å². The zero-order valence-corrected chi connectivity index (χ0v) is 16.3. The van der Waals surface area contributed by atoms with Crippen molar-refractivity contribution in [2.45, 2.75) is 70.1 Å². The molecule has 27 heavy (non-hydrogen) atoms. The molecule has 0 aliphatic carbocycles. The zero-order valence-electron chi connectivity index (χ0n) is 15.5. The largest absolute Gasteiger partial charge is 0.487 e. The van der Waals surface area contributed by atoms with Crippen LogP contribution < -0.4 is 4.74 Å². The molecule has 1 atom stereocenters. The summed E-state index contributed by atoms with van der Waals surface area (Å²) in [7, 11) is 0. The maximum atomic E-state index is 14.1. The number of hydrogen-bond donors (Lipinski definition) is 1. The van der Waals surface area contributed by atoms with Crippen LogP contribution in [0.4, 0.5) is 17.6 Å². The molecule has 0 heterocycles. The van der Waals surface area contributed by atoms with Crippen LogP contribution in [0.15, 0.2) is 4.90 Å². The van der Waals surface area contributed by atoms with Crippen LogP contribution in [0.25, 0.3) is 0 Å². The molecule has 0 aliphatic heterocycles. The van der Waals surface area contributed by atoms with Crippen LogP contribution in [-0.4, -0.2) is 11.9 Å². The van der Waals surface area contributed by atoms with E-state index in [-0.39, 0.29) is 24.6 Å². The van der Waals surface area contributed by atoms with Gasteiger partial charge in [-0.2, -0.15) is 8.78 Å². The molecule has 0 radical (unpaired) electrons. The highest BCUT2D eigenvalue weighted by Crippen LogP contribution is 2.36. The lowest BCUT2D eigenvalue weighted by molar-refractivity contribution is -0.432. The van der Waals surface area contributed by atoms with Gasteiger partial charge in [-0.05, 0) is 18.8 Å². The molecule has 0 amide bonds. The van der Waals surface area contributed by atoms with E-state index in [0.717, 1.165) is 51.4 Å². The van der Waals surface area contributed by atoms with E-state index in [4.69, 9.17) is 9.99 Å². The number of rotatable bonds is 14. The highest BCUT2D eigenvalue weighted by Gasteiger charge is 2.28. The summed E-state index contributed by atoms with van der Waals surface area (Å²) in [6.07, 6.45) is 7.77. The third-order valence-corrected chi connectivity index (χ3v) is 4.88. The fraction of sp³-hybridized carbons (Fsp3) is 0.667. The highest BCUT2D eigenvalue weighted by atomic mass is 32.2. The number of benzene rings is 1. The van der Waals surface area contributed by atoms with E-state index >= 15 is 0 Å². The molecule has 1 aromatic rings. The summed E-state index contributed by atoms with van der Waals surface area (Å²) >= 11 is -0.196. The monoisotopic (exact) mass is 414 g/mol. The minimum Gasteiger partial charge on any atom is -0.487 e. The summed E-state index contributed by atoms with van der Waals surface area (Å²) in [6, 6.07) is 0. The van der Waals surface area contributed by atoms with Crippen LogP contribution in [0.2, 0.25) is 0 Å². The third-order valence-electron chi connectivity index (χ3n) is 4.23. The summed E-state index contributed by atoms with van der Waals surface area (Å²) in [6.45, 7) is 4.11. The van der Waals surface area contributed by atoms with Crippen LogP contribution >= 0.6 is 12.0 Å². The zero-order chi connectivity index (χ0) is 20.2. The smallest absolute Gasteiger partial charge is 0.205 e. The van der Waals surface area contributed by atoms with Crippen molar-refractivity contribution in [3.63, 3.8) is 0 Å². The summed E-state index contributed by atoms with van der Waals surface area (Å²) in [4.78, 5) is -1.12. The maximum absolute atomic E-state index is 14.1. The highest BCUT2D eigenvalue weighted by molar-refractivity contribution is 7.94. The normalized spacial score (nSPS) is 12.4. The first-order valence-corrected chi connectivity index (χ1v) is 9.85. The molecule has 0 aromatic heterocycles. The first-order valence-electron chi connectivity index (χ1n) is 9.11. The van der Waals surface area contributed by atoms with Crippen molar-refractivity contribution in [2.24, 2.45) is 5.92 Å². The van der Waals surface area contributed by atoms with Crippen molar-refractivity contribution in [2.75, 3.05) is 6.61 Å².